The van der Waals surface area contributed by atoms with E-state index >= 15 is 0 Å². The van der Waals surface area contributed by atoms with Gasteiger partial charge in [0.1, 0.15) is 17.0 Å². The van der Waals surface area contributed by atoms with Gasteiger partial charge in [-0.05, 0) is 53.7 Å². The summed E-state index contributed by atoms with van der Waals surface area (Å²) in [5.41, 5.74) is -0.910. The van der Waals surface area contributed by atoms with Crippen LogP contribution in [0.3, 0.4) is 0 Å². The molecule has 0 saturated carbocycles. The Kier molecular flexibility index (Phi) is 5.49. The standard InChI is InChI=1S/C19H27N3O5/c1-12-13(15(23)26-7)8-9-14(20-12)21-10-11-22(19(5,6)16(21)24)17(25)27-18(2,3)4/h8-9H,10-11H2,1-7H3. The Labute approximate surface area is 159 Å². The lowest BCUT2D eigenvalue weighted by atomic mass is 9.98. The van der Waals surface area contributed by atoms with Gasteiger partial charge >= 0.3 is 12.1 Å². The molecule has 2 heterocycles. The first kappa shape index (κ1) is 20.7. The summed E-state index contributed by atoms with van der Waals surface area (Å²) < 4.78 is 10.1. The van der Waals surface area contributed by atoms with Crippen LogP contribution >= 0.6 is 0 Å². The number of nitrogens with zero attached hydrogens (tertiary/aromatic N) is 3. The van der Waals surface area contributed by atoms with Crippen molar-refractivity contribution in [1.29, 1.82) is 0 Å². The van der Waals surface area contributed by atoms with Gasteiger partial charge in [-0.15, -0.1) is 0 Å². The van der Waals surface area contributed by atoms with Crippen molar-refractivity contribution in [3.05, 3.63) is 23.4 Å². The van der Waals surface area contributed by atoms with E-state index in [0.717, 1.165) is 0 Å². The van der Waals surface area contributed by atoms with E-state index in [0.29, 0.717) is 23.6 Å². The van der Waals surface area contributed by atoms with Gasteiger partial charge in [-0.25, -0.2) is 14.6 Å². The molecule has 0 atom stereocenters. The molecule has 0 bridgehead atoms. The lowest BCUT2D eigenvalue weighted by Gasteiger charge is -2.45. The highest BCUT2D eigenvalue weighted by Gasteiger charge is 2.46. The minimum Gasteiger partial charge on any atom is -0.465 e. The number of anilines is 1. The van der Waals surface area contributed by atoms with Gasteiger partial charge in [0.05, 0.1) is 18.4 Å². The molecule has 0 radical (unpaired) electrons. The zero-order chi connectivity index (χ0) is 20.6. The molecule has 1 fully saturated rings. The van der Waals surface area contributed by atoms with E-state index in [1.54, 1.807) is 53.7 Å². The van der Waals surface area contributed by atoms with E-state index in [9.17, 15) is 14.4 Å². The Morgan fingerprint density at radius 1 is 1.19 bits per heavy atom. The van der Waals surface area contributed by atoms with Crippen molar-refractivity contribution in [1.82, 2.24) is 9.88 Å². The normalized spacial score (nSPS) is 16.9. The first-order valence-electron chi connectivity index (χ1n) is 8.77. The molecule has 0 aromatic carbocycles. The molecular formula is C19H27N3O5. The van der Waals surface area contributed by atoms with Crippen molar-refractivity contribution >= 4 is 23.8 Å². The fourth-order valence-electron chi connectivity index (χ4n) is 2.91. The number of ether oxygens (including phenoxy) is 2. The Morgan fingerprint density at radius 3 is 2.33 bits per heavy atom. The number of pyridine rings is 1. The molecule has 1 aromatic rings. The van der Waals surface area contributed by atoms with Crippen LogP contribution in [0.25, 0.3) is 0 Å². The van der Waals surface area contributed by atoms with Crippen LogP contribution in [0, 0.1) is 6.92 Å². The molecule has 1 aliphatic heterocycles. The summed E-state index contributed by atoms with van der Waals surface area (Å²) in [6, 6.07) is 3.19. The number of esters is 1. The fourth-order valence-corrected chi connectivity index (χ4v) is 2.91. The largest absolute Gasteiger partial charge is 0.465 e. The third kappa shape index (κ3) is 4.20. The van der Waals surface area contributed by atoms with Crippen molar-refractivity contribution in [2.45, 2.75) is 52.7 Å². The maximum absolute atomic E-state index is 13.1. The van der Waals surface area contributed by atoms with Crippen molar-refractivity contribution in [2.75, 3.05) is 25.1 Å². The Morgan fingerprint density at radius 2 is 1.81 bits per heavy atom. The van der Waals surface area contributed by atoms with Crippen molar-refractivity contribution < 1.29 is 23.9 Å². The summed E-state index contributed by atoms with van der Waals surface area (Å²) in [5.74, 6) is -0.313. The highest BCUT2D eigenvalue weighted by Crippen LogP contribution is 2.28. The van der Waals surface area contributed by atoms with Gasteiger partial charge in [0.15, 0.2) is 0 Å². The zero-order valence-corrected chi connectivity index (χ0v) is 17.0. The van der Waals surface area contributed by atoms with Crippen LogP contribution in [-0.2, 0) is 14.3 Å². The smallest absolute Gasteiger partial charge is 0.411 e. The van der Waals surface area contributed by atoms with Crippen LogP contribution < -0.4 is 4.90 Å². The summed E-state index contributed by atoms with van der Waals surface area (Å²) in [4.78, 5) is 44.6. The second-order valence-electron chi connectivity index (χ2n) is 7.94. The number of aryl methyl sites for hydroxylation is 1. The van der Waals surface area contributed by atoms with Crippen molar-refractivity contribution in [3.63, 3.8) is 0 Å². The maximum Gasteiger partial charge on any atom is 0.411 e. The van der Waals surface area contributed by atoms with E-state index < -0.39 is 23.2 Å². The van der Waals surface area contributed by atoms with Gasteiger partial charge in [0.2, 0.25) is 0 Å². The van der Waals surface area contributed by atoms with Gasteiger partial charge in [-0.1, -0.05) is 0 Å². The number of methoxy groups -OCH3 is 1. The molecule has 0 N–H and O–H groups in total. The summed E-state index contributed by atoms with van der Waals surface area (Å²) in [6.07, 6.45) is -0.523. The number of aromatic nitrogens is 1. The Hall–Kier alpha value is -2.64. The quantitative estimate of drug-likeness (QED) is 0.736. The lowest BCUT2D eigenvalue weighted by Crippen LogP contribution is -2.65. The van der Waals surface area contributed by atoms with E-state index in [2.05, 4.69) is 4.98 Å². The highest BCUT2D eigenvalue weighted by atomic mass is 16.6. The first-order chi connectivity index (χ1) is 12.4. The summed E-state index contributed by atoms with van der Waals surface area (Å²) in [6.45, 7) is 11.0. The summed E-state index contributed by atoms with van der Waals surface area (Å²) in [7, 11) is 1.30. The van der Waals surface area contributed by atoms with Crippen LogP contribution in [0.15, 0.2) is 12.1 Å². The van der Waals surface area contributed by atoms with E-state index in [-0.39, 0.29) is 12.5 Å². The SMILES string of the molecule is COC(=O)c1ccc(N2CCN(C(=O)OC(C)(C)C)C(C)(C)C2=O)nc1C. The Balaban J connectivity index is 2.26. The zero-order valence-electron chi connectivity index (χ0n) is 17.0. The predicted octanol–water partition coefficient (Wildman–Crippen LogP) is 2.54. The molecule has 1 aromatic heterocycles. The molecular weight excluding hydrogens is 350 g/mol. The van der Waals surface area contributed by atoms with Gasteiger partial charge in [-0.3, -0.25) is 14.6 Å². The Bertz CT molecular complexity index is 767. The molecule has 0 spiro atoms. The first-order valence-corrected chi connectivity index (χ1v) is 8.77. The molecule has 2 rings (SSSR count). The van der Waals surface area contributed by atoms with Crippen LogP contribution in [0.5, 0.6) is 0 Å². The monoisotopic (exact) mass is 377 g/mol. The minimum atomic E-state index is -1.09. The average Bonchev–Trinajstić information content (AvgIpc) is 2.54. The molecule has 8 heteroatoms. The van der Waals surface area contributed by atoms with E-state index in [1.165, 1.54) is 16.9 Å². The predicted molar refractivity (Wildman–Crippen MR) is 99.7 cm³/mol. The topological polar surface area (TPSA) is 89.0 Å². The number of carbonyl (C=O) groups is 3. The second kappa shape index (κ2) is 7.17. The van der Waals surface area contributed by atoms with Gasteiger partial charge in [0, 0.05) is 13.1 Å². The van der Waals surface area contributed by atoms with Crippen LogP contribution in [-0.4, -0.2) is 59.2 Å². The van der Waals surface area contributed by atoms with Crippen molar-refractivity contribution in [3.8, 4) is 0 Å². The molecule has 27 heavy (non-hydrogen) atoms. The average molecular weight is 377 g/mol. The molecule has 0 aliphatic carbocycles. The third-order valence-electron chi connectivity index (χ3n) is 4.36. The molecule has 0 unspecified atom stereocenters. The van der Waals surface area contributed by atoms with Crippen LogP contribution in [0.1, 0.15) is 50.7 Å². The number of amides is 2. The maximum atomic E-state index is 13.1. The minimum absolute atomic E-state index is 0.266. The molecule has 1 aliphatic rings. The summed E-state index contributed by atoms with van der Waals surface area (Å²) >= 11 is 0. The van der Waals surface area contributed by atoms with E-state index in [1.807, 2.05) is 0 Å². The second-order valence-corrected chi connectivity index (χ2v) is 7.94. The van der Waals surface area contributed by atoms with Gasteiger partial charge in [-0.2, -0.15) is 0 Å². The van der Waals surface area contributed by atoms with E-state index in [4.69, 9.17) is 9.47 Å². The number of hydrogen-bond donors (Lipinski definition) is 0. The molecule has 1 saturated heterocycles. The van der Waals surface area contributed by atoms with Crippen molar-refractivity contribution in [2.24, 2.45) is 0 Å². The summed E-state index contributed by atoms with van der Waals surface area (Å²) in [5, 5.41) is 0. The number of hydrogen-bond acceptors (Lipinski definition) is 6. The van der Waals surface area contributed by atoms with Gasteiger partial charge < -0.3 is 9.47 Å². The third-order valence-corrected chi connectivity index (χ3v) is 4.36. The number of piperazine rings is 1. The molecule has 2 amide bonds. The number of rotatable bonds is 2. The molecule has 8 nitrogen and oxygen atoms in total. The van der Waals surface area contributed by atoms with Gasteiger partial charge in [0.25, 0.3) is 5.91 Å². The molecule has 148 valence electrons. The van der Waals surface area contributed by atoms with Crippen LogP contribution in [0.4, 0.5) is 10.6 Å². The highest BCUT2D eigenvalue weighted by molar-refractivity contribution is 6.02. The lowest BCUT2D eigenvalue weighted by molar-refractivity contribution is -0.131. The van der Waals surface area contributed by atoms with Crippen LogP contribution in [0.2, 0.25) is 0 Å². The number of carbonyl (C=O) groups excluding carboxylic acids is 3. The fraction of sp³-hybridized carbons (Fsp3) is 0.579.